The quantitative estimate of drug-likeness (QED) is 0.801. The Morgan fingerprint density at radius 1 is 1.14 bits per heavy atom. The Morgan fingerprint density at radius 3 is 2.76 bits per heavy atom. The highest BCUT2D eigenvalue weighted by atomic mass is 19.1. The van der Waals surface area contributed by atoms with Gasteiger partial charge < -0.3 is 20.9 Å². The molecule has 1 aromatic heterocycles. The molecule has 3 N–H and O–H groups in total. The van der Waals surface area contributed by atoms with E-state index in [0.717, 1.165) is 37.8 Å². The summed E-state index contributed by atoms with van der Waals surface area (Å²) in [7, 11) is 0. The average Bonchev–Trinajstić information content (AvgIpc) is 2.76. The highest BCUT2D eigenvalue weighted by Gasteiger charge is 2.35. The first-order chi connectivity index (χ1) is 14.1. The van der Waals surface area contributed by atoms with Gasteiger partial charge in [0.05, 0.1) is 6.04 Å². The topological polar surface area (TPSA) is 87.4 Å². The van der Waals surface area contributed by atoms with Crippen LogP contribution in [0.3, 0.4) is 0 Å². The lowest BCUT2D eigenvalue weighted by Crippen LogP contribution is -2.58. The second-order valence-electron chi connectivity index (χ2n) is 7.73. The monoisotopic (exact) mass is 398 g/mol. The number of amides is 1. The number of hydrogen-bond acceptors (Lipinski definition) is 6. The summed E-state index contributed by atoms with van der Waals surface area (Å²) in [5.41, 5.74) is 6.77. The lowest BCUT2D eigenvalue weighted by Gasteiger charge is -2.43. The van der Waals surface area contributed by atoms with Crippen molar-refractivity contribution >= 4 is 17.5 Å². The second kappa shape index (κ2) is 8.73. The van der Waals surface area contributed by atoms with Crippen LogP contribution in [0.15, 0.2) is 36.7 Å². The van der Waals surface area contributed by atoms with E-state index in [1.807, 2.05) is 28.0 Å². The highest BCUT2D eigenvalue weighted by molar-refractivity contribution is 5.83. The van der Waals surface area contributed by atoms with Crippen molar-refractivity contribution in [1.82, 2.24) is 20.2 Å². The number of likely N-dealkylation sites (tertiary alicyclic amines) is 1. The van der Waals surface area contributed by atoms with Crippen molar-refractivity contribution in [1.29, 1.82) is 0 Å². The molecule has 29 heavy (non-hydrogen) atoms. The molecule has 2 atom stereocenters. The van der Waals surface area contributed by atoms with Crippen molar-refractivity contribution in [2.24, 2.45) is 0 Å². The first-order valence-electron chi connectivity index (χ1n) is 10.2. The maximum atomic E-state index is 14.4. The smallest absolute Gasteiger partial charge is 0.240 e. The third-order valence-corrected chi connectivity index (χ3v) is 5.80. The van der Waals surface area contributed by atoms with Crippen molar-refractivity contribution in [2.75, 3.05) is 30.3 Å². The zero-order chi connectivity index (χ0) is 20.2. The number of nitrogens with two attached hydrogens (primary N) is 1. The van der Waals surface area contributed by atoms with Gasteiger partial charge in [0.2, 0.25) is 11.7 Å². The summed E-state index contributed by atoms with van der Waals surface area (Å²) in [6.45, 7) is 2.68. The standard InChI is InChI=1S/C21H27FN6O/c22-18-19(23)25-14-26-20(18)27-10-4-8-16(13-27)28-11-5-9-17(21(28)29)24-12-15-6-2-1-3-7-15/h1-3,6-7,14,16-17,24H,4-5,8-13H2,(H2,23,25,26)/t16-,17?/m1/s1. The Morgan fingerprint density at radius 2 is 1.93 bits per heavy atom. The van der Waals surface area contributed by atoms with Crippen LogP contribution in [0.2, 0.25) is 0 Å². The zero-order valence-corrected chi connectivity index (χ0v) is 16.4. The van der Waals surface area contributed by atoms with E-state index in [-0.39, 0.29) is 29.6 Å². The minimum Gasteiger partial charge on any atom is -0.381 e. The van der Waals surface area contributed by atoms with Gasteiger partial charge in [-0.15, -0.1) is 0 Å². The number of piperidine rings is 2. The molecule has 0 bridgehead atoms. The molecular formula is C21H27FN6O. The second-order valence-corrected chi connectivity index (χ2v) is 7.73. The summed E-state index contributed by atoms with van der Waals surface area (Å²) < 4.78 is 14.4. The minimum atomic E-state index is -0.583. The summed E-state index contributed by atoms with van der Waals surface area (Å²) in [6, 6.07) is 9.97. The predicted molar refractivity (Wildman–Crippen MR) is 110 cm³/mol. The summed E-state index contributed by atoms with van der Waals surface area (Å²) in [5.74, 6) is -0.357. The molecule has 4 rings (SSSR count). The van der Waals surface area contributed by atoms with Crippen molar-refractivity contribution in [2.45, 2.75) is 44.3 Å². The van der Waals surface area contributed by atoms with Gasteiger partial charge in [0.1, 0.15) is 6.33 Å². The Kier molecular flexibility index (Phi) is 5.89. The van der Waals surface area contributed by atoms with Gasteiger partial charge in [-0.05, 0) is 31.2 Å². The molecule has 1 amide bonds. The number of rotatable bonds is 5. The number of nitrogens with zero attached hydrogens (tertiary/aromatic N) is 4. The van der Waals surface area contributed by atoms with E-state index < -0.39 is 5.82 Å². The Hall–Kier alpha value is -2.74. The molecule has 2 aliphatic rings. The van der Waals surface area contributed by atoms with Crippen molar-refractivity contribution in [3.8, 4) is 0 Å². The van der Waals surface area contributed by atoms with E-state index in [0.29, 0.717) is 19.6 Å². The predicted octanol–water partition coefficient (Wildman–Crippen LogP) is 1.95. The van der Waals surface area contributed by atoms with Crippen LogP contribution in [-0.2, 0) is 11.3 Å². The number of carbonyl (C=O) groups is 1. The molecule has 2 aliphatic heterocycles. The summed E-state index contributed by atoms with van der Waals surface area (Å²) in [4.78, 5) is 24.8. The fourth-order valence-corrected chi connectivity index (χ4v) is 4.28. The molecule has 0 saturated carbocycles. The first kappa shape index (κ1) is 19.6. The van der Waals surface area contributed by atoms with Gasteiger partial charge in [-0.3, -0.25) is 4.79 Å². The van der Waals surface area contributed by atoms with Crippen LogP contribution in [0.4, 0.5) is 16.0 Å². The maximum Gasteiger partial charge on any atom is 0.240 e. The van der Waals surface area contributed by atoms with Gasteiger partial charge in [-0.25, -0.2) is 9.97 Å². The summed E-state index contributed by atoms with van der Waals surface area (Å²) in [6.07, 6.45) is 4.88. The fraction of sp³-hybridized carbons (Fsp3) is 0.476. The van der Waals surface area contributed by atoms with Gasteiger partial charge in [0.15, 0.2) is 11.6 Å². The number of carbonyl (C=O) groups excluding carboxylic acids is 1. The van der Waals surface area contributed by atoms with Crippen LogP contribution in [0.25, 0.3) is 0 Å². The fourth-order valence-electron chi connectivity index (χ4n) is 4.28. The molecule has 2 saturated heterocycles. The van der Waals surface area contributed by atoms with E-state index in [2.05, 4.69) is 27.4 Å². The van der Waals surface area contributed by atoms with Crippen LogP contribution in [0.1, 0.15) is 31.2 Å². The molecule has 1 unspecified atom stereocenters. The van der Waals surface area contributed by atoms with Crippen LogP contribution in [0, 0.1) is 5.82 Å². The van der Waals surface area contributed by atoms with E-state index in [1.165, 1.54) is 6.33 Å². The molecule has 7 nitrogen and oxygen atoms in total. The van der Waals surface area contributed by atoms with Crippen molar-refractivity contribution in [3.05, 3.63) is 48.0 Å². The molecule has 0 radical (unpaired) electrons. The Balaban J connectivity index is 1.41. The Bertz CT molecular complexity index is 848. The molecule has 1 aromatic carbocycles. The molecule has 8 heteroatoms. The summed E-state index contributed by atoms with van der Waals surface area (Å²) in [5, 5.41) is 3.41. The molecule has 3 heterocycles. The van der Waals surface area contributed by atoms with E-state index >= 15 is 0 Å². The highest BCUT2D eigenvalue weighted by Crippen LogP contribution is 2.27. The molecular weight excluding hydrogens is 371 g/mol. The van der Waals surface area contributed by atoms with Crippen molar-refractivity contribution in [3.63, 3.8) is 0 Å². The van der Waals surface area contributed by atoms with Crippen LogP contribution < -0.4 is 16.0 Å². The third kappa shape index (κ3) is 4.32. The molecule has 0 spiro atoms. The van der Waals surface area contributed by atoms with Crippen molar-refractivity contribution < 1.29 is 9.18 Å². The normalized spacial score (nSPS) is 22.7. The SMILES string of the molecule is Nc1ncnc(N2CCC[C@@H](N3CCCC(NCc4ccccc4)C3=O)C2)c1F. The number of nitrogen functional groups attached to an aromatic ring is 1. The largest absolute Gasteiger partial charge is 0.381 e. The lowest BCUT2D eigenvalue weighted by atomic mass is 9.97. The van der Waals surface area contributed by atoms with E-state index in [4.69, 9.17) is 5.73 Å². The number of hydrogen-bond donors (Lipinski definition) is 2. The first-order valence-corrected chi connectivity index (χ1v) is 10.2. The van der Waals surface area contributed by atoms with E-state index in [1.54, 1.807) is 0 Å². The number of nitrogens with one attached hydrogen (secondary N) is 1. The average molecular weight is 398 g/mol. The molecule has 0 aliphatic carbocycles. The van der Waals surface area contributed by atoms with Gasteiger partial charge >= 0.3 is 0 Å². The number of halogens is 1. The van der Waals surface area contributed by atoms with Crippen LogP contribution >= 0.6 is 0 Å². The zero-order valence-electron chi connectivity index (χ0n) is 16.4. The van der Waals surface area contributed by atoms with Crippen LogP contribution in [-0.4, -0.2) is 52.5 Å². The number of aromatic nitrogens is 2. The number of anilines is 2. The van der Waals surface area contributed by atoms with E-state index in [9.17, 15) is 9.18 Å². The molecule has 154 valence electrons. The molecule has 2 aromatic rings. The van der Waals surface area contributed by atoms with Crippen LogP contribution in [0.5, 0.6) is 0 Å². The summed E-state index contributed by atoms with van der Waals surface area (Å²) >= 11 is 0. The maximum absolute atomic E-state index is 14.4. The van der Waals surface area contributed by atoms with Gasteiger partial charge in [-0.1, -0.05) is 30.3 Å². The minimum absolute atomic E-state index is 0.0492. The van der Waals surface area contributed by atoms with Gasteiger partial charge in [-0.2, -0.15) is 4.39 Å². The molecule has 2 fully saturated rings. The lowest BCUT2D eigenvalue weighted by molar-refractivity contribution is -0.138. The Labute approximate surface area is 170 Å². The van der Waals surface area contributed by atoms with Gasteiger partial charge in [0, 0.05) is 32.2 Å². The van der Waals surface area contributed by atoms with Gasteiger partial charge in [0.25, 0.3) is 0 Å². The number of benzene rings is 1. The third-order valence-electron chi connectivity index (χ3n) is 5.80.